The van der Waals surface area contributed by atoms with Crippen molar-refractivity contribution in [2.24, 2.45) is 5.73 Å². The molecule has 1 unspecified atom stereocenters. The van der Waals surface area contributed by atoms with E-state index in [0.717, 1.165) is 12.8 Å². The molecule has 0 saturated heterocycles. The Labute approximate surface area is 90.5 Å². The zero-order chi connectivity index (χ0) is 12.4. The molecule has 1 atom stereocenters. The second kappa shape index (κ2) is 4.69. The lowest BCUT2D eigenvalue weighted by Crippen LogP contribution is -2.52. The first-order valence-corrected chi connectivity index (χ1v) is 5.16. The topological polar surface area (TPSA) is 26.0 Å². The normalized spacial score (nSPS) is 21.2. The Morgan fingerprint density at radius 2 is 1.69 bits per heavy atom. The highest BCUT2D eigenvalue weighted by molar-refractivity contribution is 5.16. The van der Waals surface area contributed by atoms with Crippen LogP contribution in [0.5, 0.6) is 0 Å². The summed E-state index contributed by atoms with van der Waals surface area (Å²) in [4.78, 5) is 0. The first-order chi connectivity index (χ1) is 7.27. The van der Waals surface area contributed by atoms with Crippen LogP contribution in [0.15, 0.2) is 11.6 Å². The Morgan fingerprint density at radius 1 is 1.06 bits per heavy atom. The quantitative estimate of drug-likeness (QED) is 0.583. The Morgan fingerprint density at radius 3 is 2.25 bits per heavy atom. The fourth-order valence-corrected chi connectivity index (χ4v) is 1.73. The number of rotatable bonds is 2. The van der Waals surface area contributed by atoms with E-state index in [1.54, 1.807) is 0 Å². The molecule has 0 spiro atoms. The Hall–Kier alpha value is -0.650. The maximum Gasteiger partial charge on any atom is 0.455 e. The van der Waals surface area contributed by atoms with Gasteiger partial charge in [0.05, 0.1) is 6.04 Å². The number of hydrogen-bond acceptors (Lipinski definition) is 1. The van der Waals surface area contributed by atoms with Crippen LogP contribution in [0.2, 0.25) is 0 Å². The Kier molecular flexibility index (Phi) is 3.93. The molecule has 0 aromatic carbocycles. The monoisotopic (exact) mass is 243 g/mol. The molecule has 1 nitrogen and oxygen atoms in total. The Balaban J connectivity index is 2.83. The van der Waals surface area contributed by atoms with Gasteiger partial charge in [0.15, 0.2) is 0 Å². The van der Waals surface area contributed by atoms with Crippen molar-refractivity contribution >= 4 is 0 Å². The van der Waals surface area contributed by atoms with Crippen LogP contribution in [0.25, 0.3) is 0 Å². The maximum absolute atomic E-state index is 13.0. The molecule has 0 radical (unpaired) electrons. The average molecular weight is 243 g/mol. The van der Waals surface area contributed by atoms with Crippen molar-refractivity contribution in [2.75, 3.05) is 0 Å². The number of hydrogen-bond donors (Lipinski definition) is 1. The molecule has 16 heavy (non-hydrogen) atoms. The van der Waals surface area contributed by atoms with Gasteiger partial charge in [-0.2, -0.15) is 22.0 Å². The highest BCUT2D eigenvalue weighted by Gasteiger charge is 2.61. The van der Waals surface area contributed by atoms with Crippen molar-refractivity contribution in [3.8, 4) is 0 Å². The second-order valence-corrected chi connectivity index (χ2v) is 3.98. The lowest BCUT2D eigenvalue weighted by Gasteiger charge is -2.27. The van der Waals surface area contributed by atoms with E-state index in [-0.39, 0.29) is 12.0 Å². The molecule has 0 aromatic heterocycles. The molecule has 0 heterocycles. The molecule has 0 aromatic rings. The smallest absolute Gasteiger partial charge is 0.319 e. The van der Waals surface area contributed by atoms with Crippen molar-refractivity contribution < 1.29 is 22.0 Å². The van der Waals surface area contributed by atoms with Gasteiger partial charge in [0.1, 0.15) is 0 Å². The van der Waals surface area contributed by atoms with Crippen molar-refractivity contribution in [3.05, 3.63) is 11.6 Å². The summed E-state index contributed by atoms with van der Waals surface area (Å²) in [5.41, 5.74) is 5.07. The van der Waals surface area contributed by atoms with Gasteiger partial charge < -0.3 is 5.73 Å². The number of allylic oxidation sites excluding steroid dienone is 1. The average Bonchev–Trinajstić information content (AvgIpc) is 2.42. The van der Waals surface area contributed by atoms with Gasteiger partial charge >= 0.3 is 12.1 Å². The van der Waals surface area contributed by atoms with Crippen LogP contribution in [0.3, 0.4) is 0 Å². The van der Waals surface area contributed by atoms with Gasteiger partial charge in [-0.05, 0) is 25.7 Å². The summed E-state index contributed by atoms with van der Waals surface area (Å²) in [6.07, 6.45) is -1.13. The SMILES string of the molecule is NC(C1=CCCCCC1)C(F)(F)C(F)(F)F. The van der Waals surface area contributed by atoms with Crippen LogP contribution in [0.1, 0.15) is 32.1 Å². The summed E-state index contributed by atoms with van der Waals surface area (Å²) in [5.74, 6) is -4.84. The largest absolute Gasteiger partial charge is 0.455 e. The molecule has 1 aliphatic carbocycles. The molecule has 0 bridgehead atoms. The molecule has 6 heteroatoms. The number of nitrogens with two attached hydrogens (primary N) is 1. The van der Waals surface area contributed by atoms with Gasteiger partial charge in [-0.25, -0.2) is 0 Å². The highest BCUT2D eigenvalue weighted by Crippen LogP contribution is 2.40. The van der Waals surface area contributed by atoms with E-state index in [9.17, 15) is 22.0 Å². The lowest BCUT2D eigenvalue weighted by molar-refractivity contribution is -0.286. The van der Waals surface area contributed by atoms with Crippen LogP contribution in [-0.2, 0) is 0 Å². The van der Waals surface area contributed by atoms with E-state index in [1.807, 2.05) is 0 Å². The van der Waals surface area contributed by atoms with Crippen LogP contribution >= 0.6 is 0 Å². The molecule has 94 valence electrons. The fraction of sp³-hybridized carbons (Fsp3) is 0.800. The first kappa shape index (κ1) is 13.4. The minimum absolute atomic E-state index is 0.0276. The third-order valence-electron chi connectivity index (χ3n) is 2.74. The van der Waals surface area contributed by atoms with E-state index < -0.39 is 18.1 Å². The van der Waals surface area contributed by atoms with Gasteiger partial charge in [-0.15, -0.1) is 0 Å². The molecule has 0 aliphatic heterocycles. The van der Waals surface area contributed by atoms with Crippen molar-refractivity contribution in [1.29, 1.82) is 0 Å². The number of alkyl halides is 5. The summed E-state index contributed by atoms with van der Waals surface area (Å²) in [5, 5.41) is 0. The first-order valence-electron chi connectivity index (χ1n) is 5.16. The summed E-state index contributed by atoms with van der Waals surface area (Å²) in [6, 6.07) is -2.24. The van der Waals surface area contributed by atoms with E-state index >= 15 is 0 Å². The summed E-state index contributed by atoms with van der Waals surface area (Å²) >= 11 is 0. The van der Waals surface area contributed by atoms with Gasteiger partial charge in [-0.3, -0.25) is 0 Å². The van der Waals surface area contributed by atoms with Gasteiger partial charge in [0.2, 0.25) is 0 Å². The molecule has 0 saturated carbocycles. The predicted molar refractivity (Wildman–Crippen MR) is 50.1 cm³/mol. The maximum atomic E-state index is 13.0. The zero-order valence-corrected chi connectivity index (χ0v) is 8.66. The second-order valence-electron chi connectivity index (χ2n) is 3.98. The highest BCUT2D eigenvalue weighted by atomic mass is 19.4. The van der Waals surface area contributed by atoms with Gasteiger partial charge in [0.25, 0.3) is 0 Å². The van der Waals surface area contributed by atoms with E-state index in [1.165, 1.54) is 6.08 Å². The molecule has 0 fully saturated rings. The van der Waals surface area contributed by atoms with E-state index in [2.05, 4.69) is 0 Å². The van der Waals surface area contributed by atoms with Gasteiger partial charge in [-0.1, -0.05) is 18.1 Å². The summed E-state index contributed by atoms with van der Waals surface area (Å²) in [7, 11) is 0. The van der Waals surface area contributed by atoms with Crippen LogP contribution in [-0.4, -0.2) is 18.1 Å². The third-order valence-corrected chi connectivity index (χ3v) is 2.74. The number of halogens is 5. The van der Waals surface area contributed by atoms with Crippen molar-refractivity contribution in [3.63, 3.8) is 0 Å². The predicted octanol–water partition coefficient (Wildman–Crippen LogP) is 3.40. The van der Waals surface area contributed by atoms with E-state index in [0.29, 0.717) is 12.8 Å². The minimum atomic E-state index is -5.58. The zero-order valence-electron chi connectivity index (χ0n) is 8.66. The third kappa shape index (κ3) is 2.72. The molecular weight excluding hydrogens is 229 g/mol. The minimum Gasteiger partial charge on any atom is -0.319 e. The molecular formula is C10H14F5N. The lowest BCUT2D eigenvalue weighted by atomic mass is 9.97. The standard InChI is InChI=1S/C10H14F5N/c11-9(12,10(13,14)15)8(16)7-5-3-1-2-4-6-7/h5,8H,1-4,6,16H2. The Bertz CT molecular complexity index is 269. The summed E-state index contributed by atoms with van der Waals surface area (Å²) < 4.78 is 62.2. The summed E-state index contributed by atoms with van der Waals surface area (Å²) in [6.45, 7) is 0. The van der Waals surface area contributed by atoms with Gasteiger partial charge in [0, 0.05) is 0 Å². The molecule has 0 amide bonds. The van der Waals surface area contributed by atoms with Crippen LogP contribution in [0, 0.1) is 0 Å². The van der Waals surface area contributed by atoms with E-state index in [4.69, 9.17) is 5.73 Å². The molecule has 2 N–H and O–H groups in total. The fourth-order valence-electron chi connectivity index (χ4n) is 1.73. The van der Waals surface area contributed by atoms with Crippen LogP contribution in [0.4, 0.5) is 22.0 Å². The van der Waals surface area contributed by atoms with Crippen molar-refractivity contribution in [1.82, 2.24) is 0 Å². The van der Waals surface area contributed by atoms with Crippen molar-refractivity contribution in [2.45, 2.75) is 50.2 Å². The van der Waals surface area contributed by atoms with Crippen LogP contribution < -0.4 is 5.73 Å². The molecule has 1 rings (SSSR count). The molecule has 1 aliphatic rings.